The van der Waals surface area contributed by atoms with Gasteiger partial charge in [-0.05, 0) is 31.0 Å². The van der Waals surface area contributed by atoms with Crippen LogP contribution in [0.15, 0.2) is 28.8 Å². The average molecular weight is 318 g/mol. The Hall–Kier alpha value is -2.44. The minimum absolute atomic E-state index is 0.219. The van der Waals surface area contributed by atoms with Crippen LogP contribution in [0.25, 0.3) is 0 Å². The first-order chi connectivity index (χ1) is 11.1. The van der Waals surface area contributed by atoms with Crippen molar-refractivity contribution in [3.05, 3.63) is 41.8 Å². The normalized spacial score (nSPS) is 18.5. The molecular weight excluding hydrogens is 299 g/mol. The fourth-order valence-electron chi connectivity index (χ4n) is 2.83. The summed E-state index contributed by atoms with van der Waals surface area (Å²) in [4.78, 5) is 18.6. The number of nitrogens with one attached hydrogen (secondary N) is 1. The molecule has 6 nitrogen and oxygen atoms in total. The fraction of sp³-hybridized carbons (Fsp3) is 0.438. The number of anilines is 1. The number of aromatic nitrogens is 2. The second-order valence-corrected chi connectivity index (χ2v) is 5.67. The Kier molecular flexibility index (Phi) is 4.55. The van der Waals surface area contributed by atoms with Crippen molar-refractivity contribution >= 4 is 11.7 Å². The van der Waals surface area contributed by atoms with Gasteiger partial charge in [0.15, 0.2) is 5.82 Å². The van der Waals surface area contributed by atoms with Gasteiger partial charge in [-0.2, -0.15) is 4.98 Å². The van der Waals surface area contributed by atoms with Crippen molar-refractivity contribution in [1.29, 1.82) is 0 Å². The summed E-state index contributed by atoms with van der Waals surface area (Å²) in [5.41, 5.74) is 0.433. The Labute approximate surface area is 133 Å². The number of carbonyl (C=O) groups excluding carboxylic acids is 1. The van der Waals surface area contributed by atoms with Gasteiger partial charge in [0.2, 0.25) is 5.89 Å². The van der Waals surface area contributed by atoms with Gasteiger partial charge >= 0.3 is 6.03 Å². The van der Waals surface area contributed by atoms with Crippen molar-refractivity contribution in [3.63, 3.8) is 0 Å². The number of urea groups is 1. The molecular formula is C16H19FN4O2. The highest BCUT2D eigenvalue weighted by atomic mass is 19.1. The van der Waals surface area contributed by atoms with Crippen molar-refractivity contribution in [2.45, 2.75) is 38.6 Å². The highest BCUT2D eigenvalue weighted by molar-refractivity contribution is 5.89. The summed E-state index contributed by atoms with van der Waals surface area (Å²) in [7, 11) is 0. The van der Waals surface area contributed by atoms with Crippen LogP contribution < -0.4 is 5.32 Å². The zero-order valence-electron chi connectivity index (χ0n) is 13.0. The van der Waals surface area contributed by atoms with Gasteiger partial charge in [-0.3, -0.25) is 0 Å². The molecule has 23 heavy (non-hydrogen) atoms. The van der Waals surface area contributed by atoms with Crippen LogP contribution in [0.4, 0.5) is 14.9 Å². The number of nitrogens with zero attached hydrogens (tertiary/aromatic N) is 3. The number of halogens is 1. The predicted octanol–water partition coefficient (Wildman–Crippen LogP) is 3.67. The van der Waals surface area contributed by atoms with E-state index in [1.165, 1.54) is 12.1 Å². The second-order valence-electron chi connectivity index (χ2n) is 5.67. The molecule has 1 aromatic heterocycles. The number of amides is 2. The molecule has 0 radical (unpaired) electrons. The molecule has 2 heterocycles. The van der Waals surface area contributed by atoms with E-state index in [1.54, 1.807) is 24.0 Å². The lowest BCUT2D eigenvalue weighted by atomic mass is 10.1. The van der Waals surface area contributed by atoms with Crippen LogP contribution in [0.1, 0.15) is 43.4 Å². The lowest BCUT2D eigenvalue weighted by Gasteiger charge is -2.28. The van der Waals surface area contributed by atoms with E-state index in [4.69, 9.17) is 4.52 Å². The van der Waals surface area contributed by atoms with Crippen molar-refractivity contribution in [2.24, 2.45) is 0 Å². The maximum atomic E-state index is 13.3. The highest BCUT2D eigenvalue weighted by Crippen LogP contribution is 2.29. The van der Waals surface area contributed by atoms with Gasteiger partial charge in [0.05, 0.1) is 6.04 Å². The third-order valence-electron chi connectivity index (χ3n) is 3.93. The molecule has 0 spiro atoms. The van der Waals surface area contributed by atoms with E-state index in [2.05, 4.69) is 15.5 Å². The molecule has 0 saturated carbocycles. The summed E-state index contributed by atoms with van der Waals surface area (Å²) in [5, 5.41) is 6.71. The van der Waals surface area contributed by atoms with Gasteiger partial charge in [0, 0.05) is 19.2 Å². The molecule has 1 aromatic carbocycles. The van der Waals surface area contributed by atoms with Crippen LogP contribution in [0.2, 0.25) is 0 Å². The Bertz CT molecular complexity index is 688. The molecule has 2 aromatic rings. The van der Waals surface area contributed by atoms with Crippen LogP contribution >= 0.6 is 0 Å². The third kappa shape index (κ3) is 3.67. The Morgan fingerprint density at radius 2 is 2.26 bits per heavy atom. The molecule has 0 bridgehead atoms. The molecule has 122 valence electrons. The standard InChI is InChI=1S/C16H19FN4O2/c1-11-18-15(20-23-11)14-8-3-2-4-9-21(14)16(22)19-13-7-5-6-12(17)10-13/h5-7,10,14H,2-4,8-9H2,1H3,(H,19,22)/t14-/m1/s1. The fourth-order valence-corrected chi connectivity index (χ4v) is 2.83. The summed E-state index contributed by atoms with van der Waals surface area (Å²) in [5.74, 6) is 0.623. The molecule has 2 amide bonds. The molecule has 1 aliphatic rings. The van der Waals surface area contributed by atoms with Gasteiger partial charge in [0.1, 0.15) is 5.82 Å². The number of benzene rings is 1. The van der Waals surface area contributed by atoms with Gasteiger partial charge < -0.3 is 14.7 Å². The van der Waals surface area contributed by atoms with E-state index in [9.17, 15) is 9.18 Å². The number of aryl methyl sites for hydroxylation is 1. The van der Waals surface area contributed by atoms with Gasteiger partial charge in [-0.25, -0.2) is 9.18 Å². The lowest BCUT2D eigenvalue weighted by Crippen LogP contribution is -2.38. The summed E-state index contributed by atoms with van der Waals surface area (Å²) < 4.78 is 18.3. The molecule has 0 aliphatic carbocycles. The molecule has 3 rings (SSSR count). The molecule has 1 aliphatic heterocycles. The first kappa shape index (κ1) is 15.5. The van der Waals surface area contributed by atoms with Crippen molar-refractivity contribution < 1.29 is 13.7 Å². The number of rotatable bonds is 2. The number of hydrogen-bond donors (Lipinski definition) is 1. The lowest BCUT2D eigenvalue weighted by molar-refractivity contribution is 0.184. The Morgan fingerprint density at radius 3 is 3.00 bits per heavy atom. The average Bonchev–Trinajstić information content (AvgIpc) is 2.81. The Morgan fingerprint density at radius 1 is 1.39 bits per heavy atom. The van der Waals surface area contributed by atoms with Crippen LogP contribution in [-0.4, -0.2) is 27.6 Å². The van der Waals surface area contributed by atoms with Crippen LogP contribution in [0.5, 0.6) is 0 Å². The molecule has 7 heteroatoms. The number of carbonyl (C=O) groups is 1. The van der Waals surface area contributed by atoms with E-state index >= 15 is 0 Å². The van der Waals surface area contributed by atoms with Crippen molar-refractivity contribution in [1.82, 2.24) is 15.0 Å². The summed E-state index contributed by atoms with van der Waals surface area (Å²) in [6, 6.07) is 5.36. The first-order valence-electron chi connectivity index (χ1n) is 7.77. The monoisotopic (exact) mass is 318 g/mol. The molecule has 1 fully saturated rings. The van der Waals surface area contributed by atoms with E-state index < -0.39 is 0 Å². The van der Waals surface area contributed by atoms with Gasteiger partial charge in [-0.1, -0.05) is 24.1 Å². The minimum Gasteiger partial charge on any atom is -0.340 e. The summed E-state index contributed by atoms with van der Waals surface area (Å²) in [6.07, 6.45) is 3.76. The van der Waals surface area contributed by atoms with Crippen LogP contribution in [0, 0.1) is 12.7 Å². The zero-order valence-corrected chi connectivity index (χ0v) is 13.0. The van der Waals surface area contributed by atoms with Gasteiger partial charge in [0.25, 0.3) is 0 Å². The highest BCUT2D eigenvalue weighted by Gasteiger charge is 2.30. The predicted molar refractivity (Wildman–Crippen MR) is 82.4 cm³/mol. The summed E-state index contributed by atoms with van der Waals surface area (Å²) in [6.45, 7) is 2.34. The SMILES string of the molecule is Cc1nc([C@H]2CCCCCN2C(=O)Nc2cccc(F)c2)no1. The Balaban J connectivity index is 1.80. The summed E-state index contributed by atoms with van der Waals surface area (Å²) >= 11 is 0. The number of likely N-dealkylation sites (tertiary alicyclic amines) is 1. The van der Waals surface area contributed by atoms with E-state index in [-0.39, 0.29) is 17.9 Å². The first-order valence-corrected chi connectivity index (χ1v) is 7.77. The molecule has 1 saturated heterocycles. The molecule has 1 N–H and O–H groups in total. The zero-order chi connectivity index (χ0) is 16.2. The maximum absolute atomic E-state index is 13.3. The largest absolute Gasteiger partial charge is 0.340 e. The molecule has 1 atom stereocenters. The van der Waals surface area contributed by atoms with E-state index in [0.29, 0.717) is 23.9 Å². The van der Waals surface area contributed by atoms with E-state index in [1.807, 2.05) is 0 Å². The van der Waals surface area contributed by atoms with Crippen LogP contribution in [0.3, 0.4) is 0 Å². The van der Waals surface area contributed by atoms with Crippen LogP contribution in [-0.2, 0) is 0 Å². The third-order valence-corrected chi connectivity index (χ3v) is 3.93. The number of hydrogen-bond acceptors (Lipinski definition) is 4. The topological polar surface area (TPSA) is 71.3 Å². The van der Waals surface area contributed by atoms with Crippen molar-refractivity contribution in [2.75, 3.05) is 11.9 Å². The molecule has 0 unspecified atom stereocenters. The second kappa shape index (κ2) is 6.76. The van der Waals surface area contributed by atoms with Gasteiger partial charge in [-0.15, -0.1) is 0 Å². The smallest absolute Gasteiger partial charge is 0.322 e. The quantitative estimate of drug-likeness (QED) is 0.917. The minimum atomic E-state index is -0.385. The van der Waals surface area contributed by atoms with Crippen molar-refractivity contribution in [3.8, 4) is 0 Å². The maximum Gasteiger partial charge on any atom is 0.322 e. The van der Waals surface area contributed by atoms with E-state index in [0.717, 1.165) is 25.7 Å².